The Morgan fingerprint density at radius 2 is 1.94 bits per heavy atom. The molecule has 6 nitrogen and oxygen atoms in total. The third-order valence-corrected chi connectivity index (χ3v) is 8.43. The summed E-state index contributed by atoms with van der Waals surface area (Å²) in [6.07, 6.45) is 6.59. The van der Waals surface area contributed by atoms with Crippen LogP contribution in [-0.2, 0) is 17.6 Å². The molecule has 6 heteroatoms. The number of carbonyl (C=O) groups is 1. The van der Waals surface area contributed by atoms with Gasteiger partial charge in [-0.15, -0.1) is 0 Å². The van der Waals surface area contributed by atoms with E-state index in [1.807, 2.05) is 30.0 Å². The largest absolute Gasteiger partial charge is 0.495 e. The number of aryl methyl sites for hydroxylation is 2. The molecule has 2 fully saturated rings. The van der Waals surface area contributed by atoms with Gasteiger partial charge in [-0.3, -0.25) is 19.7 Å². The molecule has 0 saturated carbocycles. The van der Waals surface area contributed by atoms with E-state index in [9.17, 15) is 4.79 Å². The average Bonchev–Trinajstić information content (AvgIpc) is 3.31. The number of amides is 1. The number of likely N-dealkylation sites (tertiary alicyclic amines) is 2. The summed E-state index contributed by atoms with van der Waals surface area (Å²) in [7, 11) is 1.62. The monoisotopic (exact) mass is 482 g/mol. The molecule has 2 saturated heterocycles. The van der Waals surface area contributed by atoms with Crippen LogP contribution in [0.25, 0.3) is 11.3 Å². The fourth-order valence-electron chi connectivity index (χ4n) is 6.32. The van der Waals surface area contributed by atoms with Crippen molar-refractivity contribution in [3.63, 3.8) is 0 Å². The highest BCUT2D eigenvalue weighted by Gasteiger charge is 2.48. The fourth-order valence-corrected chi connectivity index (χ4v) is 6.32. The molecule has 2 aliphatic heterocycles. The van der Waals surface area contributed by atoms with Crippen molar-refractivity contribution in [2.75, 3.05) is 33.3 Å². The number of ether oxygens (including phenoxy) is 1. The van der Waals surface area contributed by atoms with Crippen LogP contribution in [0.15, 0.2) is 54.7 Å². The Kier molecular flexibility index (Phi) is 6.00. The molecule has 1 atom stereocenters. The van der Waals surface area contributed by atoms with E-state index < -0.39 is 0 Å². The average molecular weight is 483 g/mol. The molecular weight excluding hydrogens is 448 g/mol. The topological polar surface area (TPSA) is 58.6 Å². The second kappa shape index (κ2) is 9.32. The van der Waals surface area contributed by atoms with Gasteiger partial charge in [-0.05, 0) is 79.5 Å². The van der Waals surface area contributed by atoms with Gasteiger partial charge in [0.25, 0.3) is 0 Å². The number of fused-ring (bicyclic) bond motifs is 1. The maximum Gasteiger partial charge on any atom is 0.228 e. The van der Waals surface area contributed by atoms with Gasteiger partial charge < -0.3 is 9.64 Å². The molecule has 3 aromatic rings. The molecule has 0 N–H and O–H groups in total. The SMILES string of the molecule is COc1ccc(CC(=O)N2CCC3(CC2)CN(C2CCc4cc(-c5cccc(C)n5)ccc42)C3)nc1. The van der Waals surface area contributed by atoms with Crippen LogP contribution in [-0.4, -0.2) is 59.0 Å². The molecule has 1 spiro atoms. The van der Waals surface area contributed by atoms with Gasteiger partial charge in [0.15, 0.2) is 0 Å². The summed E-state index contributed by atoms with van der Waals surface area (Å²) in [5.74, 6) is 0.900. The number of rotatable bonds is 5. The number of pyridine rings is 2. The van der Waals surface area contributed by atoms with E-state index in [2.05, 4.69) is 40.2 Å². The summed E-state index contributed by atoms with van der Waals surface area (Å²) in [6.45, 7) is 6.07. The number of hydrogen-bond donors (Lipinski definition) is 0. The van der Waals surface area contributed by atoms with Gasteiger partial charge in [-0.1, -0.05) is 18.2 Å². The first-order chi connectivity index (χ1) is 17.5. The van der Waals surface area contributed by atoms with Crippen molar-refractivity contribution in [1.82, 2.24) is 19.8 Å². The first kappa shape index (κ1) is 23.2. The van der Waals surface area contributed by atoms with E-state index in [0.29, 0.717) is 23.6 Å². The van der Waals surface area contributed by atoms with Gasteiger partial charge >= 0.3 is 0 Å². The van der Waals surface area contributed by atoms with E-state index in [1.54, 1.807) is 13.3 Å². The van der Waals surface area contributed by atoms with Crippen LogP contribution in [0, 0.1) is 12.3 Å². The first-order valence-corrected chi connectivity index (χ1v) is 13.1. The maximum absolute atomic E-state index is 12.8. The van der Waals surface area contributed by atoms with Gasteiger partial charge in [0.2, 0.25) is 5.91 Å². The Balaban J connectivity index is 1.04. The van der Waals surface area contributed by atoms with Crippen molar-refractivity contribution in [1.29, 1.82) is 0 Å². The summed E-state index contributed by atoms with van der Waals surface area (Å²) in [6, 6.07) is 17.5. The van der Waals surface area contributed by atoms with Gasteiger partial charge in [0.1, 0.15) is 5.75 Å². The summed E-state index contributed by atoms with van der Waals surface area (Å²) in [5, 5.41) is 0. The predicted octanol–water partition coefficient (Wildman–Crippen LogP) is 4.62. The predicted molar refractivity (Wildman–Crippen MR) is 140 cm³/mol. The molecule has 1 aromatic carbocycles. The van der Waals surface area contributed by atoms with Crippen molar-refractivity contribution < 1.29 is 9.53 Å². The molecule has 2 aromatic heterocycles. The normalized spacial score (nSPS) is 20.7. The highest BCUT2D eigenvalue weighted by Crippen LogP contribution is 2.48. The van der Waals surface area contributed by atoms with Crippen LogP contribution in [0.5, 0.6) is 5.75 Å². The highest BCUT2D eigenvalue weighted by atomic mass is 16.5. The maximum atomic E-state index is 12.8. The Labute approximate surface area is 213 Å². The molecule has 4 heterocycles. The van der Waals surface area contributed by atoms with Crippen LogP contribution >= 0.6 is 0 Å². The first-order valence-electron chi connectivity index (χ1n) is 13.1. The van der Waals surface area contributed by atoms with Crippen molar-refractivity contribution in [3.8, 4) is 17.0 Å². The molecule has 0 bridgehead atoms. The minimum atomic E-state index is 0.183. The summed E-state index contributed by atoms with van der Waals surface area (Å²) >= 11 is 0. The highest BCUT2D eigenvalue weighted by molar-refractivity contribution is 5.78. The lowest BCUT2D eigenvalue weighted by atomic mass is 9.71. The lowest BCUT2D eigenvalue weighted by Gasteiger charge is -2.56. The summed E-state index contributed by atoms with van der Waals surface area (Å²) in [4.78, 5) is 26.6. The number of methoxy groups -OCH3 is 1. The Bertz CT molecular complexity index is 1260. The fraction of sp³-hybridized carbons (Fsp3) is 0.433. The Morgan fingerprint density at radius 1 is 1.11 bits per heavy atom. The van der Waals surface area contributed by atoms with Crippen molar-refractivity contribution >= 4 is 5.91 Å². The molecule has 1 amide bonds. The van der Waals surface area contributed by atoms with Crippen LogP contribution in [0.4, 0.5) is 0 Å². The zero-order chi connectivity index (χ0) is 24.7. The van der Waals surface area contributed by atoms with E-state index in [1.165, 1.54) is 23.1 Å². The molecule has 0 radical (unpaired) electrons. The van der Waals surface area contributed by atoms with Gasteiger partial charge in [-0.2, -0.15) is 0 Å². The van der Waals surface area contributed by atoms with Crippen LogP contribution in [0.3, 0.4) is 0 Å². The van der Waals surface area contributed by atoms with E-state index >= 15 is 0 Å². The standard InChI is InChI=1S/C30H34N4O2/c1-21-4-3-5-27(32-21)23-6-10-26-22(16-23)7-11-28(26)34-19-30(20-34)12-14-33(15-13-30)29(35)17-24-8-9-25(36-2)18-31-24/h3-6,8-10,16,18,28H,7,11-15,17,19-20H2,1-2H3. The number of nitrogens with zero attached hydrogens (tertiary/aromatic N) is 4. The number of hydrogen-bond acceptors (Lipinski definition) is 5. The van der Waals surface area contributed by atoms with Gasteiger partial charge in [0, 0.05) is 49.2 Å². The number of benzene rings is 1. The minimum Gasteiger partial charge on any atom is -0.495 e. The van der Waals surface area contributed by atoms with Crippen LogP contribution < -0.4 is 4.74 Å². The van der Waals surface area contributed by atoms with E-state index in [-0.39, 0.29) is 5.91 Å². The third kappa shape index (κ3) is 4.39. The van der Waals surface area contributed by atoms with E-state index in [4.69, 9.17) is 9.72 Å². The van der Waals surface area contributed by atoms with Crippen LogP contribution in [0.1, 0.15) is 47.8 Å². The quantitative estimate of drug-likeness (QED) is 0.531. The third-order valence-electron chi connectivity index (χ3n) is 8.43. The van der Waals surface area contributed by atoms with Gasteiger partial charge in [-0.25, -0.2) is 0 Å². The number of carbonyl (C=O) groups excluding carboxylic acids is 1. The van der Waals surface area contributed by atoms with Crippen molar-refractivity contribution in [3.05, 3.63) is 77.2 Å². The molecule has 1 unspecified atom stereocenters. The van der Waals surface area contributed by atoms with E-state index in [0.717, 1.165) is 62.5 Å². The minimum absolute atomic E-state index is 0.183. The van der Waals surface area contributed by atoms with Crippen molar-refractivity contribution in [2.24, 2.45) is 5.41 Å². The second-order valence-corrected chi connectivity index (χ2v) is 10.8. The molecule has 36 heavy (non-hydrogen) atoms. The second-order valence-electron chi connectivity index (χ2n) is 10.8. The number of piperidine rings is 1. The lowest BCUT2D eigenvalue weighted by Crippen LogP contribution is -2.61. The molecule has 3 aliphatic rings. The zero-order valence-electron chi connectivity index (χ0n) is 21.2. The lowest BCUT2D eigenvalue weighted by molar-refractivity contribution is -0.136. The molecule has 186 valence electrons. The molecular formula is C30H34N4O2. The zero-order valence-corrected chi connectivity index (χ0v) is 21.2. The number of aromatic nitrogens is 2. The molecule has 1 aliphatic carbocycles. The Morgan fingerprint density at radius 3 is 2.67 bits per heavy atom. The van der Waals surface area contributed by atoms with Crippen LogP contribution in [0.2, 0.25) is 0 Å². The summed E-state index contributed by atoms with van der Waals surface area (Å²) < 4.78 is 5.16. The molecule has 6 rings (SSSR count). The van der Waals surface area contributed by atoms with Crippen molar-refractivity contribution in [2.45, 2.75) is 45.1 Å². The Hall–Kier alpha value is -3.25. The van der Waals surface area contributed by atoms with Gasteiger partial charge in [0.05, 0.1) is 25.4 Å². The summed E-state index contributed by atoms with van der Waals surface area (Å²) in [5.41, 5.74) is 7.51. The smallest absolute Gasteiger partial charge is 0.228 e.